The standard InChI is InChI=1S/C13H22N4S2/c1-4-10(14)9-11-12(16(2)5-7-18-3)15-13-17(11)6-8-19-13/h6,8,10H,4-5,7,9,14H2,1-3H3. The van der Waals surface area contributed by atoms with Gasteiger partial charge in [-0.25, -0.2) is 4.98 Å². The smallest absolute Gasteiger partial charge is 0.195 e. The lowest BCUT2D eigenvalue weighted by atomic mass is 10.1. The molecule has 4 nitrogen and oxygen atoms in total. The monoisotopic (exact) mass is 298 g/mol. The Labute approximate surface area is 123 Å². The van der Waals surface area contributed by atoms with Crippen LogP contribution in [0.1, 0.15) is 19.0 Å². The van der Waals surface area contributed by atoms with Crippen LogP contribution in [0.2, 0.25) is 0 Å². The van der Waals surface area contributed by atoms with Crippen LogP contribution in [0.4, 0.5) is 5.82 Å². The van der Waals surface area contributed by atoms with Crippen molar-refractivity contribution in [3.8, 4) is 0 Å². The predicted octanol–water partition coefficient (Wildman–Crippen LogP) is 2.47. The van der Waals surface area contributed by atoms with E-state index in [0.717, 1.165) is 35.9 Å². The van der Waals surface area contributed by atoms with Gasteiger partial charge in [0.05, 0.1) is 5.69 Å². The van der Waals surface area contributed by atoms with Gasteiger partial charge >= 0.3 is 0 Å². The minimum atomic E-state index is 0.201. The van der Waals surface area contributed by atoms with Gasteiger partial charge in [-0.1, -0.05) is 6.92 Å². The molecule has 0 aliphatic rings. The number of anilines is 1. The summed E-state index contributed by atoms with van der Waals surface area (Å²) in [5, 5.41) is 2.08. The van der Waals surface area contributed by atoms with Gasteiger partial charge in [0.2, 0.25) is 0 Å². The molecule has 0 spiro atoms. The molecule has 2 N–H and O–H groups in total. The zero-order valence-electron chi connectivity index (χ0n) is 11.8. The highest BCUT2D eigenvalue weighted by molar-refractivity contribution is 7.98. The summed E-state index contributed by atoms with van der Waals surface area (Å²) in [6.45, 7) is 3.15. The minimum absolute atomic E-state index is 0.201. The molecule has 2 aromatic rings. The van der Waals surface area contributed by atoms with Gasteiger partial charge in [-0.3, -0.25) is 4.40 Å². The van der Waals surface area contributed by atoms with E-state index >= 15 is 0 Å². The normalized spacial score (nSPS) is 13.1. The zero-order chi connectivity index (χ0) is 13.8. The van der Waals surface area contributed by atoms with Crippen LogP contribution in [0.25, 0.3) is 4.96 Å². The van der Waals surface area contributed by atoms with E-state index in [4.69, 9.17) is 10.7 Å². The molecule has 19 heavy (non-hydrogen) atoms. The lowest BCUT2D eigenvalue weighted by Gasteiger charge is -2.19. The van der Waals surface area contributed by atoms with E-state index in [9.17, 15) is 0 Å². The van der Waals surface area contributed by atoms with E-state index < -0.39 is 0 Å². The molecule has 0 amide bonds. The van der Waals surface area contributed by atoms with Crippen LogP contribution < -0.4 is 10.6 Å². The second-order valence-electron chi connectivity index (χ2n) is 4.72. The highest BCUT2D eigenvalue weighted by Crippen LogP contribution is 2.25. The molecule has 1 unspecified atom stereocenters. The first-order valence-corrected chi connectivity index (χ1v) is 8.84. The maximum Gasteiger partial charge on any atom is 0.195 e. The van der Waals surface area contributed by atoms with E-state index in [1.54, 1.807) is 11.3 Å². The lowest BCUT2D eigenvalue weighted by molar-refractivity contribution is 0.633. The van der Waals surface area contributed by atoms with Crippen LogP contribution >= 0.6 is 23.1 Å². The Morgan fingerprint density at radius 2 is 2.37 bits per heavy atom. The summed E-state index contributed by atoms with van der Waals surface area (Å²) in [6, 6.07) is 0.201. The van der Waals surface area contributed by atoms with Crippen molar-refractivity contribution in [1.29, 1.82) is 0 Å². The summed E-state index contributed by atoms with van der Waals surface area (Å²) < 4.78 is 2.19. The average molecular weight is 298 g/mol. The fourth-order valence-electron chi connectivity index (χ4n) is 2.04. The van der Waals surface area contributed by atoms with Crippen molar-refractivity contribution in [3.05, 3.63) is 17.3 Å². The lowest BCUT2D eigenvalue weighted by Crippen LogP contribution is -2.26. The van der Waals surface area contributed by atoms with Gasteiger partial charge in [-0.15, -0.1) is 11.3 Å². The Morgan fingerprint density at radius 3 is 3.05 bits per heavy atom. The molecule has 106 valence electrons. The first-order chi connectivity index (χ1) is 9.17. The number of fused-ring (bicyclic) bond motifs is 1. The molecule has 0 saturated heterocycles. The van der Waals surface area contributed by atoms with Crippen molar-refractivity contribution in [2.75, 3.05) is 30.5 Å². The molecule has 2 aromatic heterocycles. The second kappa shape index (κ2) is 6.63. The van der Waals surface area contributed by atoms with Crippen LogP contribution in [-0.4, -0.2) is 41.0 Å². The van der Waals surface area contributed by atoms with Crippen molar-refractivity contribution in [2.45, 2.75) is 25.8 Å². The fraction of sp³-hybridized carbons (Fsp3) is 0.615. The quantitative estimate of drug-likeness (QED) is 0.853. The molecule has 0 fully saturated rings. The molecule has 1 atom stereocenters. The van der Waals surface area contributed by atoms with Gasteiger partial charge in [0.1, 0.15) is 0 Å². The predicted molar refractivity (Wildman–Crippen MR) is 86.7 cm³/mol. The third kappa shape index (κ3) is 3.24. The van der Waals surface area contributed by atoms with Gasteiger partial charge in [-0.05, 0) is 12.7 Å². The van der Waals surface area contributed by atoms with Crippen molar-refractivity contribution in [2.24, 2.45) is 5.73 Å². The van der Waals surface area contributed by atoms with Crippen LogP contribution in [0.5, 0.6) is 0 Å². The van der Waals surface area contributed by atoms with Gasteiger partial charge in [0.15, 0.2) is 10.8 Å². The molecule has 0 aliphatic heterocycles. The Balaban J connectivity index is 2.30. The van der Waals surface area contributed by atoms with E-state index in [-0.39, 0.29) is 6.04 Å². The molecule has 0 radical (unpaired) electrons. The zero-order valence-corrected chi connectivity index (χ0v) is 13.4. The SMILES string of the molecule is CCC(N)Cc1c(N(C)CCSC)nc2sccn12. The van der Waals surface area contributed by atoms with Crippen LogP contribution in [-0.2, 0) is 6.42 Å². The van der Waals surface area contributed by atoms with Gasteiger partial charge in [0.25, 0.3) is 0 Å². The molecule has 0 bridgehead atoms. The fourth-order valence-corrected chi connectivity index (χ4v) is 3.23. The number of thiazole rings is 1. The second-order valence-corrected chi connectivity index (χ2v) is 6.58. The topological polar surface area (TPSA) is 46.6 Å². The molecule has 0 aromatic carbocycles. The number of imidazole rings is 1. The number of hydrogen-bond acceptors (Lipinski definition) is 5. The number of thioether (sulfide) groups is 1. The highest BCUT2D eigenvalue weighted by atomic mass is 32.2. The Bertz CT molecular complexity index is 520. The Kier molecular flexibility index (Phi) is 5.13. The van der Waals surface area contributed by atoms with E-state index in [1.807, 2.05) is 11.8 Å². The molecule has 2 heterocycles. The Hall–Kier alpha value is -0.720. The third-order valence-corrected chi connectivity index (χ3v) is 4.66. The van der Waals surface area contributed by atoms with Gasteiger partial charge < -0.3 is 10.6 Å². The Morgan fingerprint density at radius 1 is 1.58 bits per heavy atom. The molecule has 0 aliphatic carbocycles. The summed E-state index contributed by atoms with van der Waals surface area (Å²) in [5.74, 6) is 2.20. The summed E-state index contributed by atoms with van der Waals surface area (Å²) in [7, 11) is 2.11. The van der Waals surface area contributed by atoms with Crippen molar-refractivity contribution < 1.29 is 0 Å². The summed E-state index contributed by atoms with van der Waals surface area (Å²) >= 11 is 3.54. The van der Waals surface area contributed by atoms with E-state index in [0.29, 0.717) is 0 Å². The largest absolute Gasteiger partial charge is 0.357 e. The maximum absolute atomic E-state index is 6.13. The molecule has 0 saturated carbocycles. The highest BCUT2D eigenvalue weighted by Gasteiger charge is 2.18. The first kappa shape index (κ1) is 14.7. The number of hydrogen-bond donors (Lipinski definition) is 1. The minimum Gasteiger partial charge on any atom is -0.357 e. The van der Waals surface area contributed by atoms with Gasteiger partial charge in [-0.2, -0.15) is 11.8 Å². The number of aromatic nitrogens is 2. The third-order valence-electron chi connectivity index (χ3n) is 3.31. The number of rotatable bonds is 7. The van der Waals surface area contributed by atoms with Crippen LogP contribution in [0.15, 0.2) is 11.6 Å². The summed E-state index contributed by atoms with van der Waals surface area (Å²) in [4.78, 5) is 8.06. The van der Waals surface area contributed by atoms with E-state index in [1.165, 1.54) is 5.69 Å². The van der Waals surface area contributed by atoms with Crippen molar-refractivity contribution in [3.63, 3.8) is 0 Å². The number of nitrogens with zero attached hydrogens (tertiary/aromatic N) is 3. The average Bonchev–Trinajstić information content (AvgIpc) is 2.98. The number of nitrogens with two attached hydrogens (primary N) is 1. The van der Waals surface area contributed by atoms with Crippen LogP contribution in [0, 0.1) is 0 Å². The van der Waals surface area contributed by atoms with Crippen LogP contribution in [0.3, 0.4) is 0 Å². The van der Waals surface area contributed by atoms with Crippen molar-refractivity contribution in [1.82, 2.24) is 9.38 Å². The van der Waals surface area contributed by atoms with Gasteiger partial charge in [0, 0.05) is 43.4 Å². The van der Waals surface area contributed by atoms with E-state index in [2.05, 4.69) is 41.1 Å². The van der Waals surface area contributed by atoms with Crippen molar-refractivity contribution >= 4 is 33.9 Å². The summed E-state index contributed by atoms with van der Waals surface area (Å²) in [5.41, 5.74) is 7.38. The first-order valence-electron chi connectivity index (χ1n) is 6.57. The molecular formula is C13H22N4S2. The summed E-state index contributed by atoms with van der Waals surface area (Å²) in [6.07, 6.45) is 6.10. The maximum atomic E-state index is 6.13. The molecular weight excluding hydrogens is 276 g/mol. The molecule has 6 heteroatoms. The molecule has 2 rings (SSSR count).